The first-order valence-corrected chi connectivity index (χ1v) is 8.56. The monoisotopic (exact) mass is 286 g/mol. The second-order valence-electron chi connectivity index (χ2n) is 4.62. The van der Waals surface area contributed by atoms with Gasteiger partial charge in [-0.05, 0) is 48.5 Å². The first-order valence-electron chi connectivity index (χ1n) is 5.92. The summed E-state index contributed by atoms with van der Waals surface area (Å²) in [7, 11) is -3.48. The maximum atomic E-state index is 12.1. The Morgan fingerprint density at radius 1 is 1.50 bits per heavy atom. The number of nitrogens with one attached hydrogen (secondary N) is 1. The highest BCUT2D eigenvalue weighted by molar-refractivity contribution is 7.99. The van der Waals surface area contributed by atoms with Crippen LogP contribution in [0.25, 0.3) is 0 Å². The molecule has 2 rings (SSSR count). The summed E-state index contributed by atoms with van der Waals surface area (Å²) in [5.74, 6) is 2.60. The molecule has 0 aliphatic carbocycles. The summed E-state index contributed by atoms with van der Waals surface area (Å²) < 4.78 is 26.9. The van der Waals surface area contributed by atoms with Gasteiger partial charge in [-0.25, -0.2) is 13.1 Å². The molecular formula is C12H18N2O2S2. The van der Waals surface area contributed by atoms with Crippen LogP contribution in [0.1, 0.15) is 12.0 Å². The Morgan fingerprint density at radius 2 is 2.28 bits per heavy atom. The minimum atomic E-state index is -3.48. The lowest BCUT2D eigenvalue weighted by atomic mass is 10.1. The Kier molecular flexibility index (Phi) is 4.19. The van der Waals surface area contributed by atoms with Gasteiger partial charge in [0, 0.05) is 6.54 Å². The van der Waals surface area contributed by atoms with Crippen LogP contribution in [0.2, 0.25) is 0 Å². The number of sulfonamides is 1. The summed E-state index contributed by atoms with van der Waals surface area (Å²) in [5, 5.41) is 0. The lowest BCUT2D eigenvalue weighted by Gasteiger charge is -2.12. The van der Waals surface area contributed by atoms with Gasteiger partial charge in [0.05, 0.1) is 5.69 Å². The molecule has 1 aromatic carbocycles. The second-order valence-corrected chi connectivity index (χ2v) is 7.51. The van der Waals surface area contributed by atoms with Crippen molar-refractivity contribution in [1.82, 2.24) is 4.72 Å². The summed E-state index contributed by atoms with van der Waals surface area (Å²) in [4.78, 5) is 0.179. The molecule has 1 aliphatic rings. The number of hydrogen-bond acceptors (Lipinski definition) is 4. The van der Waals surface area contributed by atoms with Gasteiger partial charge in [-0.2, -0.15) is 11.8 Å². The summed E-state index contributed by atoms with van der Waals surface area (Å²) >= 11 is 1.87. The zero-order valence-electron chi connectivity index (χ0n) is 10.3. The van der Waals surface area contributed by atoms with Crippen molar-refractivity contribution in [2.45, 2.75) is 18.2 Å². The normalized spacial score (nSPS) is 20.2. The third kappa shape index (κ3) is 3.18. The van der Waals surface area contributed by atoms with E-state index in [1.54, 1.807) is 18.2 Å². The Labute approximate surface area is 112 Å². The summed E-state index contributed by atoms with van der Waals surface area (Å²) in [5.41, 5.74) is 7.03. The van der Waals surface area contributed by atoms with Gasteiger partial charge in [-0.3, -0.25) is 0 Å². The molecule has 4 nitrogen and oxygen atoms in total. The number of nitrogens with two attached hydrogens (primary N) is 1. The molecular weight excluding hydrogens is 268 g/mol. The fraction of sp³-hybridized carbons (Fsp3) is 0.500. The van der Waals surface area contributed by atoms with Gasteiger partial charge in [0.15, 0.2) is 0 Å². The van der Waals surface area contributed by atoms with Gasteiger partial charge in [0.2, 0.25) is 10.0 Å². The molecule has 0 bridgehead atoms. The van der Waals surface area contributed by atoms with Crippen LogP contribution in [0.4, 0.5) is 5.69 Å². The van der Waals surface area contributed by atoms with Crippen molar-refractivity contribution in [2.24, 2.45) is 5.92 Å². The van der Waals surface area contributed by atoms with Crippen LogP contribution in [-0.4, -0.2) is 26.5 Å². The smallest absolute Gasteiger partial charge is 0.242 e. The maximum Gasteiger partial charge on any atom is 0.242 e. The van der Waals surface area contributed by atoms with Crippen LogP contribution in [0.5, 0.6) is 0 Å². The molecule has 3 N–H and O–H groups in total. The predicted octanol–water partition coefficient (Wildman–Crippen LogP) is 1.61. The molecule has 1 saturated heterocycles. The van der Waals surface area contributed by atoms with Gasteiger partial charge in [-0.15, -0.1) is 0 Å². The molecule has 1 aromatic rings. The van der Waals surface area contributed by atoms with Crippen LogP contribution in [0, 0.1) is 12.8 Å². The van der Waals surface area contributed by atoms with Crippen molar-refractivity contribution >= 4 is 27.5 Å². The van der Waals surface area contributed by atoms with E-state index in [1.165, 1.54) is 0 Å². The number of benzene rings is 1. The van der Waals surface area contributed by atoms with Crippen molar-refractivity contribution in [3.63, 3.8) is 0 Å². The van der Waals surface area contributed by atoms with Crippen molar-refractivity contribution < 1.29 is 8.42 Å². The standard InChI is InChI=1S/C12H18N2O2S2/c1-9-2-3-12(11(13)6-9)18(15,16)14-7-10-4-5-17-8-10/h2-3,6,10,14H,4-5,7-8,13H2,1H3. The summed E-state index contributed by atoms with van der Waals surface area (Å²) in [6.07, 6.45) is 1.08. The van der Waals surface area contributed by atoms with E-state index < -0.39 is 10.0 Å². The van der Waals surface area contributed by atoms with E-state index in [2.05, 4.69) is 4.72 Å². The summed E-state index contributed by atoms with van der Waals surface area (Å²) in [6, 6.07) is 5.01. The molecule has 1 aliphatic heterocycles. The Morgan fingerprint density at radius 3 is 2.89 bits per heavy atom. The first kappa shape index (κ1) is 13.7. The molecule has 0 spiro atoms. The van der Waals surface area contributed by atoms with Crippen molar-refractivity contribution in [3.05, 3.63) is 23.8 Å². The van der Waals surface area contributed by atoms with Gasteiger partial charge in [0.1, 0.15) is 4.90 Å². The predicted molar refractivity (Wildman–Crippen MR) is 76.2 cm³/mol. The van der Waals surface area contributed by atoms with Gasteiger partial charge >= 0.3 is 0 Å². The molecule has 0 amide bonds. The van der Waals surface area contributed by atoms with E-state index in [0.717, 1.165) is 23.5 Å². The summed E-state index contributed by atoms with van der Waals surface area (Å²) in [6.45, 7) is 2.39. The second kappa shape index (κ2) is 5.50. The molecule has 0 radical (unpaired) electrons. The van der Waals surface area contributed by atoms with Crippen molar-refractivity contribution in [3.8, 4) is 0 Å². The van der Waals surface area contributed by atoms with E-state index in [1.807, 2.05) is 18.7 Å². The molecule has 1 heterocycles. The van der Waals surface area contributed by atoms with Crippen LogP contribution < -0.4 is 10.5 Å². The average Bonchev–Trinajstić information content (AvgIpc) is 2.78. The molecule has 1 unspecified atom stereocenters. The van der Waals surface area contributed by atoms with E-state index in [0.29, 0.717) is 18.2 Å². The lowest BCUT2D eigenvalue weighted by Crippen LogP contribution is -2.30. The number of aryl methyl sites for hydroxylation is 1. The van der Waals surface area contributed by atoms with E-state index in [4.69, 9.17) is 5.73 Å². The minimum absolute atomic E-state index is 0.179. The zero-order valence-corrected chi connectivity index (χ0v) is 12.0. The van der Waals surface area contributed by atoms with Gasteiger partial charge < -0.3 is 5.73 Å². The number of hydrogen-bond donors (Lipinski definition) is 2. The fourth-order valence-electron chi connectivity index (χ4n) is 1.96. The molecule has 1 fully saturated rings. The number of anilines is 1. The SMILES string of the molecule is Cc1ccc(S(=O)(=O)NCC2CCSC2)c(N)c1. The highest BCUT2D eigenvalue weighted by Crippen LogP contribution is 2.24. The first-order chi connectivity index (χ1) is 8.49. The molecule has 100 valence electrons. The van der Waals surface area contributed by atoms with E-state index >= 15 is 0 Å². The fourth-order valence-corrected chi connectivity index (χ4v) is 4.47. The number of nitrogen functional groups attached to an aromatic ring is 1. The third-order valence-electron chi connectivity index (χ3n) is 3.04. The van der Waals surface area contributed by atoms with Crippen molar-refractivity contribution in [1.29, 1.82) is 0 Å². The third-order valence-corrected chi connectivity index (χ3v) is 5.77. The number of thioether (sulfide) groups is 1. The van der Waals surface area contributed by atoms with Gasteiger partial charge in [-0.1, -0.05) is 6.07 Å². The highest BCUT2D eigenvalue weighted by Gasteiger charge is 2.21. The highest BCUT2D eigenvalue weighted by atomic mass is 32.2. The largest absolute Gasteiger partial charge is 0.398 e. The van der Waals surface area contributed by atoms with Crippen molar-refractivity contribution in [2.75, 3.05) is 23.8 Å². The maximum absolute atomic E-state index is 12.1. The molecule has 6 heteroatoms. The topological polar surface area (TPSA) is 72.2 Å². The quantitative estimate of drug-likeness (QED) is 0.825. The Bertz CT molecular complexity index is 523. The Balaban J connectivity index is 2.09. The van der Waals surface area contributed by atoms with Crippen LogP contribution in [0.3, 0.4) is 0 Å². The van der Waals surface area contributed by atoms with Crippen LogP contribution in [0.15, 0.2) is 23.1 Å². The zero-order chi connectivity index (χ0) is 13.2. The molecule has 1 atom stereocenters. The van der Waals surface area contributed by atoms with Crippen LogP contribution in [-0.2, 0) is 10.0 Å². The van der Waals surface area contributed by atoms with Gasteiger partial charge in [0.25, 0.3) is 0 Å². The Hall–Kier alpha value is -0.720. The molecule has 18 heavy (non-hydrogen) atoms. The van der Waals surface area contributed by atoms with E-state index in [-0.39, 0.29) is 4.90 Å². The minimum Gasteiger partial charge on any atom is -0.398 e. The lowest BCUT2D eigenvalue weighted by molar-refractivity contribution is 0.546. The average molecular weight is 286 g/mol. The van der Waals surface area contributed by atoms with Crippen LogP contribution >= 0.6 is 11.8 Å². The number of rotatable bonds is 4. The van der Waals surface area contributed by atoms with E-state index in [9.17, 15) is 8.42 Å². The molecule has 0 saturated carbocycles. The molecule has 0 aromatic heterocycles.